The van der Waals surface area contributed by atoms with Crippen molar-refractivity contribution in [2.75, 3.05) is 31.7 Å². The van der Waals surface area contributed by atoms with E-state index < -0.39 is 0 Å². The van der Waals surface area contributed by atoms with Gasteiger partial charge in [-0.05, 0) is 48.9 Å². The molecule has 0 N–H and O–H groups in total. The number of anilines is 1. The van der Waals surface area contributed by atoms with Crippen LogP contribution in [-0.4, -0.2) is 26.8 Å². The third-order valence-corrected chi connectivity index (χ3v) is 4.31. The van der Waals surface area contributed by atoms with Gasteiger partial charge in [-0.15, -0.1) is 0 Å². The van der Waals surface area contributed by atoms with Gasteiger partial charge in [-0.25, -0.2) is 0 Å². The molecule has 0 amide bonds. The normalized spacial score (nSPS) is 20.0. The summed E-state index contributed by atoms with van der Waals surface area (Å²) in [4.78, 5) is 2.20. The number of rotatable bonds is 3. The third kappa shape index (κ3) is 2.33. The summed E-state index contributed by atoms with van der Waals surface area (Å²) in [6, 6.07) is 9.17. The first-order valence-electron chi connectivity index (χ1n) is 7.04. The van der Waals surface area contributed by atoms with Gasteiger partial charge >= 0.3 is 0 Å². The predicted molar refractivity (Wildman–Crippen MR) is 75.2 cm³/mol. The second-order valence-corrected chi connectivity index (χ2v) is 5.90. The average Bonchev–Trinajstić information content (AvgIpc) is 2.42. The molecule has 0 aromatic heterocycles. The van der Waals surface area contributed by atoms with Crippen molar-refractivity contribution in [2.24, 2.45) is 5.41 Å². The van der Waals surface area contributed by atoms with Crippen molar-refractivity contribution in [3.8, 4) is 6.07 Å². The van der Waals surface area contributed by atoms with Crippen molar-refractivity contribution in [3.63, 3.8) is 0 Å². The van der Waals surface area contributed by atoms with Gasteiger partial charge in [-0.1, -0.05) is 6.07 Å². The minimum atomic E-state index is -0.301. The zero-order chi connectivity index (χ0) is 13.3. The van der Waals surface area contributed by atoms with Gasteiger partial charge < -0.3 is 9.64 Å². The van der Waals surface area contributed by atoms with Gasteiger partial charge in [-0.3, -0.25) is 0 Å². The Morgan fingerprint density at radius 1 is 1.26 bits per heavy atom. The largest absolute Gasteiger partial charge is 0.378 e. The maximum absolute atomic E-state index is 9.27. The van der Waals surface area contributed by atoms with Crippen LogP contribution in [0.25, 0.3) is 0 Å². The van der Waals surface area contributed by atoms with Crippen LogP contribution in [0, 0.1) is 16.7 Å². The quantitative estimate of drug-likeness (QED) is 0.834. The number of nitrogens with zero attached hydrogens (tertiary/aromatic N) is 2. The highest BCUT2D eigenvalue weighted by Gasteiger charge is 2.40. The van der Waals surface area contributed by atoms with Crippen LogP contribution in [0.15, 0.2) is 18.2 Å². The summed E-state index contributed by atoms with van der Waals surface area (Å²) >= 11 is 0. The Hall–Kier alpha value is -1.53. The van der Waals surface area contributed by atoms with Crippen LogP contribution in [0.3, 0.4) is 0 Å². The molecule has 0 atom stereocenters. The van der Waals surface area contributed by atoms with E-state index in [1.165, 1.54) is 42.5 Å². The van der Waals surface area contributed by atoms with Crippen molar-refractivity contribution in [1.29, 1.82) is 5.26 Å². The molecule has 1 aromatic carbocycles. The minimum absolute atomic E-state index is 0.301. The fourth-order valence-electron chi connectivity index (χ4n) is 3.04. The summed E-state index contributed by atoms with van der Waals surface area (Å²) in [5, 5.41) is 9.27. The lowest BCUT2D eigenvalue weighted by Crippen LogP contribution is -2.49. The molecule has 3 rings (SSSR count). The second kappa shape index (κ2) is 4.86. The van der Waals surface area contributed by atoms with Crippen LogP contribution < -0.4 is 4.90 Å². The Labute approximate surface area is 114 Å². The summed E-state index contributed by atoms with van der Waals surface area (Å²) in [7, 11) is 2.07. The third-order valence-electron chi connectivity index (χ3n) is 4.31. The molecule has 0 spiro atoms. The molecule has 1 heterocycles. The Morgan fingerprint density at radius 2 is 2.00 bits per heavy atom. The molecule has 1 aliphatic heterocycles. The zero-order valence-corrected chi connectivity index (χ0v) is 11.5. The molecule has 1 aromatic rings. The van der Waals surface area contributed by atoms with Gasteiger partial charge in [0.1, 0.15) is 5.41 Å². The highest BCUT2D eigenvalue weighted by Crippen LogP contribution is 2.31. The van der Waals surface area contributed by atoms with Gasteiger partial charge in [-0.2, -0.15) is 5.26 Å². The van der Waals surface area contributed by atoms with E-state index in [1.807, 2.05) is 0 Å². The van der Waals surface area contributed by atoms with Crippen LogP contribution in [0.1, 0.15) is 24.0 Å². The molecule has 1 saturated heterocycles. The van der Waals surface area contributed by atoms with E-state index in [0.717, 1.165) is 6.54 Å². The molecular formula is C16H20N2O. The molecule has 0 radical (unpaired) electrons. The van der Waals surface area contributed by atoms with Crippen molar-refractivity contribution < 1.29 is 4.74 Å². The monoisotopic (exact) mass is 256 g/mol. The minimum Gasteiger partial charge on any atom is -0.378 e. The van der Waals surface area contributed by atoms with E-state index in [0.29, 0.717) is 13.2 Å². The van der Waals surface area contributed by atoms with E-state index in [9.17, 15) is 5.26 Å². The highest BCUT2D eigenvalue weighted by atomic mass is 16.5. The van der Waals surface area contributed by atoms with E-state index in [2.05, 4.69) is 36.2 Å². The van der Waals surface area contributed by atoms with Gasteiger partial charge in [0.15, 0.2) is 0 Å². The summed E-state index contributed by atoms with van der Waals surface area (Å²) in [5.74, 6) is 0. The summed E-state index contributed by atoms with van der Waals surface area (Å²) in [5.41, 5.74) is 3.92. The molecule has 1 fully saturated rings. The SMILES string of the molecule is CN(CC1(C#N)COC1)c1ccc2c(c1)CCCC2. The lowest BCUT2D eigenvalue weighted by Gasteiger charge is -2.38. The Balaban J connectivity index is 1.76. The molecule has 100 valence electrons. The first-order valence-corrected chi connectivity index (χ1v) is 7.04. The zero-order valence-electron chi connectivity index (χ0n) is 11.5. The molecule has 3 nitrogen and oxygen atoms in total. The van der Waals surface area contributed by atoms with Gasteiger partial charge in [0.2, 0.25) is 0 Å². The summed E-state index contributed by atoms with van der Waals surface area (Å²) in [6.45, 7) is 1.89. The Bertz CT molecular complexity index is 514. The van der Waals surface area contributed by atoms with Gasteiger partial charge in [0, 0.05) is 19.3 Å². The fourth-order valence-corrected chi connectivity index (χ4v) is 3.04. The van der Waals surface area contributed by atoms with Crippen molar-refractivity contribution in [2.45, 2.75) is 25.7 Å². The number of fused-ring (bicyclic) bond motifs is 1. The molecule has 0 saturated carbocycles. The first-order chi connectivity index (χ1) is 9.22. The van der Waals surface area contributed by atoms with E-state index >= 15 is 0 Å². The van der Waals surface area contributed by atoms with E-state index in [4.69, 9.17) is 4.74 Å². The molecule has 0 bridgehead atoms. The van der Waals surface area contributed by atoms with Crippen LogP contribution in [0.5, 0.6) is 0 Å². The predicted octanol–water partition coefficient (Wildman–Crippen LogP) is 2.54. The second-order valence-electron chi connectivity index (χ2n) is 5.90. The standard InChI is InChI=1S/C16H20N2O/c1-18(10-16(9-17)11-19-12-16)15-7-6-13-4-2-3-5-14(13)8-15/h6-8H,2-5,10-12H2,1H3. The number of benzene rings is 1. The fraction of sp³-hybridized carbons (Fsp3) is 0.562. The maximum atomic E-state index is 9.27. The van der Waals surface area contributed by atoms with Crippen LogP contribution in [-0.2, 0) is 17.6 Å². The van der Waals surface area contributed by atoms with Gasteiger partial charge in [0.05, 0.1) is 19.3 Å². The average molecular weight is 256 g/mol. The number of hydrogen-bond donors (Lipinski definition) is 0. The molecule has 1 aliphatic carbocycles. The smallest absolute Gasteiger partial charge is 0.121 e. The topological polar surface area (TPSA) is 36.3 Å². The molecule has 2 aliphatic rings. The lowest BCUT2D eigenvalue weighted by atomic mass is 9.87. The number of hydrogen-bond acceptors (Lipinski definition) is 3. The summed E-state index contributed by atoms with van der Waals surface area (Å²) in [6.07, 6.45) is 5.03. The molecule has 19 heavy (non-hydrogen) atoms. The molecule has 0 unspecified atom stereocenters. The van der Waals surface area contributed by atoms with E-state index in [-0.39, 0.29) is 5.41 Å². The lowest BCUT2D eigenvalue weighted by molar-refractivity contribution is -0.0716. The highest BCUT2D eigenvalue weighted by molar-refractivity contribution is 5.51. The maximum Gasteiger partial charge on any atom is 0.121 e. The van der Waals surface area contributed by atoms with Gasteiger partial charge in [0.25, 0.3) is 0 Å². The van der Waals surface area contributed by atoms with Crippen LogP contribution in [0.4, 0.5) is 5.69 Å². The van der Waals surface area contributed by atoms with E-state index in [1.54, 1.807) is 0 Å². The van der Waals surface area contributed by atoms with Crippen molar-refractivity contribution in [3.05, 3.63) is 29.3 Å². The number of aryl methyl sites for hydroxylation is 2. The Morgan fingerprint density at radius 3 is 2.63 bits per heavy atom. The Kier molecular flexibility index (Phi) is 3.20. The molecular weight excluding hydrogens is 236 g/mol. The number of nitriles is 1. The van der Waals surface area contributed by atoms with Crippen LogP contribution >= 0.6 is 0 Å². The summed E-state index contributed by atoms with van der Waals surface area (Å²) < 4.78 is 5.21. The van der Waals surface area contributed by atoms with Crippen molar-refractivity contribution >= 4 is 5.69 Å². The first kappa shape index (κ1) is 12.5. The number of ether oxygens (including phenoxy) is 1. The molecule has 3 heteroatoms. The van der Waals surface area contributed by atoms with Crippen molar-refractivity contribution in [1.82, 2.24) is 0 Å². The van der Waals surface area contributed by atoms with Crippen LogP contribution in [0.2, 0.25) is 0 Å².